The molecule has 28 heavy (non-hydrogen) atoms. The zero-order valence-electron chi connectivity index (χ0n) is 15.8. The first-order chi connectivity index (χ1) is 13.7. The second kappa shape index (κ2) is 8.48. The lowest BCUT2D eigenvalue weighted by atomic mass is 10.1. The van der Waals surface area contributed by atoms with E-state index in [-0.39, 0.29) is 12.5 Å². The quantitative estimate of drug-likeness (QED) is 0.636. The average molecular weight is 391 g/mol. The van der Waals surface area contributed by atoms with E-state index in [0.29, 0.717) is 18.8 Å². The van der Waals surface area contributed by atoms with Crippen molar-refractivity contribution in [1.29, 1.82) is 0 Å². The van der Waals surface area contributed by atoms with Crippen LogP contribution in [0, 0.1) is 6.92 Å². The van der Waals surface area contributed by atoms with Crippen LogP contribution in [-0.4, -0.2) is 35.7 Å². The smallest absolute Gasteiger partial charge is 0.266 e. The van der Waals surface area contributed by atoms with Crippen molar-refractivity contribution < 1.29 is 9.53 Å². The Morgan fingerprint density at radius 1 is 1.07 bits per heavy atom. The van der Waals surface area contributed by atoms with Crippen LogP contribution in [0.3, 0.4) is 0 Å². The van der Waals surface area contributed by atoms with Crippen molar-refractivity contribution in [2.24, 2.45) is 4.99 Å². The van der Waals surface area contributed by atoms with Crippen LogP contribution in [0.5, 0.6) is 5.75 Å². The van der Waals surface area contributed by atoms with E-state index in [0.717, 1.165) is 21.7 Å². The van der Waals surface area contributed by atoms with Gasteiger partial charge in [-0.15, -0.1) is 0 Å². The Balaban J connectivity index is 1.35. The predicted octanol–water partition coefficient (Wildman–Crippen LogP) is 4.66. The number of thioether (sulfide) groups is 1. The number of hydrogen-bond donors (Lipinski definition) is 0. The van der Waals surface area contributed by atoms with Gasteiger partial charge in [-0.25, -0.2) is 0 Å². The predicted molar refractivity (Wildman–Crippen MR) is 116 cm³/mol. The summed E-state index contributed by atoms with van der Waals surface area (Å²) in [5.41, 5.74) is 2.52. The molecular weight excluding hydrogens is 368 g/mol. The summed E-state index contributed by atoms with van der Waals surface area (Å²) in [6, 6.07) is 22.3. The Hall–Kier alpha value is -2.79. The molecule has 0 radical (unpaired) electrons. The molecule has 0 saturated heterocycles. The first-order valence-corrected chi connectivity index (χ1v) is 10.3. The first-order valence-electron chi connectivity index (χ1n) is 9.34. The molecule has 1 heterocycles. The van der Waals surface area contributed by atoms with E-state index in [4.69, 9.17) is 4.74 Å². The molecule has 0 fully saturated rings. The molecule has 0 aliphatic carbocycles. The molecule has 0 bridgehead atoms. The summed E-state index contributed by atoms with van der Waals surface area (Å²) in [4.78, 5) is 18.9. The lowest BCUT2D eigenvalue weighted by Crippen LogP contribution is -2.36. The lowest BCUT2D eigenvalue weighted by molar-refractivity contribution is -0.128. The topological polar surface area (TPSA) is 41.9 Å². The number of aryl methyl sites for hydroxylation is 1. The number of ether oxygens (including phenoxy) is 1. The summed E-state index contributed by atoms with van der Waals surface area (Å²) >= 11 is 1.61. The van der Waals surface area contributed by atoms with Gasteiger partial charge in [0.05, 0.1) is 6.54 Å². The van der Waals surface area contributed by atoms with Gasteiger partial charge in [0.2, 0.25) is 0 Å². The second-order valence-corrected chi connectivity index (χ2v) is 7.66. The van der Waals surface area contributed by atoms with E-state index in [1.54, 1.807) is 16.7 Å². The highest BCUT2D eigenvalue weighted by Crippen LogP contribution is 2.23. The Morgan fingerprint density at radius 2 is 1.86 bits per heavy atom. The molecule has 5 heteroatoms. The number of fused-ring (bicyclic) bond motifs is 1. The van der Waals surface area contributed by atoms with Crippen molar-refractivity contribution >= 4 is 33.6 Å². The number of amidine groups is 1. The van der Waals surface area contributed by atoms with E-state index in [1.165, 1.54) is 11.1 Å². The molecular formula is C23H22N2O2S. The fraction of sp³-hybridized carbons (Fsp3) is 0.217. The highest BCUT2D eigenvalue weighted by molar-refractivity contribution is 8.13. The zero-order valence-corrected chi connectivity index (χ0v) is 16.6. The number of aliphatic imine (C=N–C) groups is 1. The largest absolute Gasteiger partial charge is 0.484 e. The van der Waals surface area contributed by atoms with Crippen LogP contribution in [0.15, 0.2) is 71.7 Å². The molecule has 4 rings (SSSR count). The van der Waals surface area contributed by atoms with Gasteiger partial charge in [-0.05, 0) is 41.0 Å². The van der Waals surface area contributed by atoms with Crippen molar-refractivity contribution in [1.82, 2.24) is 4.90 Å². The number of amides is 1. The van der Waals surface area contributed by atoms with Gasteiger partial charge >= 0.3 is 0 Å². The van der Waals surface area contributed by atoms with Crippen LogP contribution in [0.4, 0.5) is 0 Å². The van der Waals surface area contributed by atoms with E-state index in [1.807, 2.05) is 48.5 Å². The van der Waals surface area contributed by atoms with E-state index in [9.17, 15) is 4.79 Å². The molecule has 0 N–H and O–H groups in total. The zero-order chi connectivity index (χ0) is 19.3. The number of nitrogens with zero attached hydrogens (tertiary/aromatic N) is 2. The summed E-state index contributed by atoms with van der Waals surface area (Å²) in [5, 5.41) is 3.04. The monoisotopic (exact) mass is 390 g/mol. The lowest BCUT2D eigenvalue weighted by Gasteiger charge is -2.18. The molecule has 0 aromatic heterocycles. The number of rotatable bonds is 5. The Labute approximate surface area is 169 Å². The highest BCUT2D eigenvalue weighted by atomic mass is 32.2. The van der Waals surface area contributed by atoms with Crippen molar-refractivity contribution in [3.63, 3.8) is 0 Å². The fourth-order valence-corrected chi connectivity index (χ4v) is 4.32. The normalized spacial score (nSPS) is 13.6. The van der Waals surface area contributed by atoms with Crippen molar-refractivity contribution in [3.05, 3.63) is 77.9 Å². The molecule has 0 atom stereocenters. The maximum Gasteiger partial charge on any atom is 0.266 e. The maximum absolute atomic E-state index is 12.7. The minimum Gasteiger partial charge on any atom is -0.484 e. The van der Waals surface area contributed by atoms with Crippen LogP contribution in [0.2, 0.25) is 0 Å². The molecule has 4 nitrogen and oxygen atoms in total. The fourth-order valence-electron chi connectivity index (χ4n) is 3.18. The third kappa shape index (κ3) is 4.20. The summed E-state index contributed by atoms with van der Waals surface area (Å²) < 4.78 is 5.76. The number of carbonyl (C=O) groups excluding carboxylic acids is 1. The third-order valence-electron chi connectivity index (χ3n) is 4.80. The molecule has 142 valence electrons. The standard InChI is InChI=1S/C23H22N2O2S/c1-17-6-2-3-9-20(17)16-28-23-24-12-13-25(23)22(26)15-27-21-11-10-18-7-4-5-8-19(18)14-21/h2-11,14H,12-13,15-16H2,1H3. The van der Waals surface area contributed by atoms with Crippen molar-refractivity contribution in [3.8, 4) is 5.75 Å². The van der Waals surface area contributed by atoms with Gasteiger partial charge in [-0.3, -0.25) is 14.7 Å². The van der Waals surface area contributed by atoms with Crippen molar-refractivity contribution in [2.45, 2.75) is 12.7 Å². The van der Waals surface area contributed by atoms with Gasteiger partial charge in [0.15, 0.2) is 11.8 Å². The molecule has 0 spiro atoms. The molecule has 1 aliphatic rings. The van der Waals surface area contributed by atoms with Gasteiger partial charge in [0.25, 0.3) is 5.91 Å². The molecule has 3 aromatic carbocycles. The van der Waals surface area contributed by atoms with Crippen LogP contribution in [-0.2, 0) is 10.5 Å². The average Bonchev–Trinajstić information content (AvgIpc) is 3.20. The molecule has 0 unspecified atom stereocenters. The van der Waals surface area contributed by atoms with Gasteiger partial charge in [0, 0.05) is 12.3 Å². The van der Waals surface area contributed by atoms with E-state index in [2.05, 4.69) is 30.1 Å². The van der Waals surface area contributed by atoms with E-state index < -0.39 is 0 Å². The summed E-state index contributed by atoms with van der Waals surface area (Å²) in [5.74, 6) is 1.46. The van der Waals surface area contributed by atoms with Gasteiger partial charge in [0.1, 0.15) is 5.75 Å². The minimum atomic E-state index is -0.0540. The number of carbonyl (C=O) groups is 1. The number of hydrogen-bond acceptors (Lipinski definition) is 4. The number of benzene rings is 3. The van der Waals surface area contributed by atoms with Gasteiger partial charge < -0.3 is 4.74 Å². The van der Waals surface area contributed by atoms with Crippen LogP contribution in [0.1, 0.15) is 11.1 Å². The molecule has 3 aromatic rings. The SMILES string of the molecule is Cc1ccccc1CSC1=NCCN1C(=O)COc1ccc2ccccc2c1. The Bertz CT molecular complexity index is 1030. The van der Waals surface area contributed by atoms with Gasteiger partial charge in [-0.2, -0.15) is 0 Å². The molecule has 1 aliphatic heterocycles. The summed E-state index contributed by atoms with van der Waals surface area (Å²) in [6.07, 6.45) is 0. The van der Waals surface area contributed by atoms with Gasteiger partial charge in [-0.1, -0.05) is 66.4 Å². The Morgan fingerprint density at radius 3 is 2.71 bits per heavy atom. The molecule has 1 amide bonds. The minimum absolute atomic E-state index is 0.0162. The van der Waals surface area contributed by atoms with Crippen molar-refractivity contribution in [2.75, 3.05) is 19.7 Å². The molecule has 0 saturated carbocycles. The summed E-state index contributed by atoms with van der Waals surface area (Å²) in [6.45, 7) is 3.39. The maximum atomic E-state index is 12.7. The highest BCUT2D eigenvalue weighted by Gasteiger charge is 2.24. The first kappa shape index (κ1) is 18.6. The Kier molecular flexibility index (Phi) is 5.63. The second-order valence-electron chi connectivity index (χ2n) is 6.72. The van der Waals surface area contributed by atoms with Crippen LogP contribution >= 0.6 is 11.8 Å². The third-order valence-corrected chi connectivity index (χ3v) is 5.87. The van der Waals surface area contributed by atoms with E-state index >= 15 is 0 Å². The summed E-state index contributed by atoms with van der Waals surface area (Å²) in [7, 11) is 0. The van der Waals surface area contributed by atoms with Crippen LogP contribution < -0.4 is 4.74 Å². The van der Waals surface area contributed by atoms with Crippen LogP contribution in [0.25, 0.3) is 10.8 Å².